The quantitative estimate of drug-likeness (QED) is 0.761. The lowest BCUT2D eigenvalue weighted by Crippen LogP contribution is -1.83. The molecule has 2 nitrogen and oxygen atoms in total. The van der Waals surface area contributed by atoms with Gasteiger partial charge in [-0.05, 0) is 17.9 Å². The van der Waals surface area contributed by atoms with Crippen LogP contribution in [0.4, 0.5) is 5.82 Å². The van der Waals surface area contributed by atoms with Crippen LogP contribution >= 0.6 is 22.7 Å². The standard InChI is InChI=1S/C8H8N2S2/c1-5-2-11-3-6(5)8-10-7(9)4-12-8/h2-4H,9H2,1H3. The van der Waals surface area contributed by atoms with Gasteiger partial charge in [-0.1, -0.05) is 0 Å². The zero-order valence-electron chi connectivity index (χ0n) is 6.57. The van der Waals surface area contributed by atoms with E-state index in [2.05, 4.69) is 22.7 Å². The highest BCUT2D eigenvalue weighted by atomic mass is 32.1. The molecule has 0 saturated carbocycles. The van der Waals surface area contributed by atoms with Crippen molar-refractivity contribution >= 4 is 28.5 Å². The number of thiazole rings is 1. The summed E-state index contributed by atoms with van der Waals surface area (Å²) in [5.41, 5.74) is 8.02. The molecule has 0 fully saturated rings. The molecule has 0 bridgehead atoms. The van der Waals surface area contributed by atoms with Crippen molar-refractivity contribution in [1.82, 2.24) is 4.98 Å². The summed E-state index contributed by atoms with van der Waals surface area (Å²) in [6.45, 7) is 2.09. The number of anilines is 1. The third kappa shape index (κ3) is 1.23. The van der Waals surface area contributed by atoms with Crippen LogP contribution in [-0.4, -0.2) is 4.98 Å². The number of thiophene rings is 1. The van der Waals surface area contributed by atoms with E-state index in [4.69, 9.17) is 5.73 Å². The number of hydrogen-bond acceptors (Lipinski definition) is 4. The highest BCUT2D eigenvalue weighted by Gasteiger charge is 2.05. The maximum Gasteiger partial charge on any atom is 0.135 e. The highest BCUT2D eigenvalue weighted by molar-refractivity contribution is 7.14. The molecular weight excluding hydrogens is 188 g/mol. The minimum Gasteiger partial charge on any atom is -0.383 e. The van der Waals surface area contributed by atoms with Crippen molar-refractivity contribution in [2.75, 3.05) is 5.73 Å². The van der Waals surface area contributed by atoms with Gasteiger partial charge in [-0.2, -0.15) is 11.3 Å². The molecule has 0 unspecified atom stereocenters. The molecule has 2 heterocycles. The zero-order valence-corrected chi connectivity index (χ0v) is 8.21. The average molecular weight is 196 g/mol. The van der Waals surface area contributed by atoms with Gasteiger partial charge in [-0.25, -0.2) is 4.98 Å². The van der Waals surface area contributed by atoms with E-state index in [9.17, 15) is 0 Å². The molecule has 0 aromatic carbocycles. The first kappa shape index (κ1) is 7.76. The third-order valence-electron chi connectivity index (χ3n) is 1.61. The number of aryl methyl sites for hydroxylation is 1. The Kier molecular flexibility index (Phi) is 1.86. The molecule has 0 radical (unpaired) electrons. The van der Waals surface area contributed by atoms with Crippen LogP contribution in [0.15, 0.2) is 16.1 Å². The second-order valence-corrected chi connectivity index (χ2v) is 4.15. The lowest BCUT2D eigenvalue weighted by molar-refractivity contribution is 1.40. The molecule has 2 N–H and O–H groups in total. The summed E-state index contributed by atoms with van der Waals surface area (Å²) in [4.78, 5) is 4.22. The van der Waals surface area contributed by atoms with E-state index < -0.39 is 0 Å². The summed E-state index contributed by atoms with van der Waals surface area (Å²) < 4.78 is 0. The summed E-state index contributed by atoms with van der Waals surface area (Å²) in [5.74, 6) is 0.612. The summed E-state index contributed by atoms with van der Waals surface area (Å²) in [7, 11) is 0. The second-order valence-electron chi connectivity index (χ2n) is 2.55. The molecule has 2 aromatic rings. The lowest BCUT2D eigenvalue weighted by atomic mass is 10.2. The average Bonchev–Trinajstić information content (AvgIpc) is 2.58. The first-order valence-corrected chi connectivity index (χ1v) is 5.34. The molecule has 0 aliphatic heterocycles. The largest absolute Gasteiger partial charge is 0.383 e. The van der Waals surface area contributed by atoms with Gasteiger partial charge in [0.05, 0.1) is 0 Å². The van der Waals surface area contributed by atoms with Gasteiger partial charge in [0.2, 0.25) is 0 Å². The Labute approximate surface area is 78.7 Å². The molecule has 0 aliphatic carbocycles. The first-order valence-electron chi connectivity index (χ1n) is 3.51. The minimum absolute atomic E-state index is 0.612. The van der Waals surface area contributed by atoms with Crippen LogP contribution in [0.5, 0.6) is 0 Å². The predicted molar refractivity (Wildman–Crippen MR) is 54.6 cm³/mol. The summed E-state index contributed by atoms with van der Waals surface area (Å²) >= 11 is 3.29. The van der Waals surface area contributed by atoms with Crippen LogP contribution in [0.2, 0.25) is 0 Å². The topological polar surface area (TPSA) is 38.9 Å². The Morgan fingerprint density at radius 1 is 1.33 bits per heavy atom. The Hall–Kier alpha value is -0.870. The van der Waals surface area contributed by atoms with E-state index in [1.165, 1.54) is 11.1 Å². The Balaban J connectivity index is 2.50. The van der Waals surface area contributed by atoms with Crippen molar-refractivity contribution in [3.8, 4) is 10.6 Å². The summed E-state index contributed by atoms with van der Waals surface area (Å²) in [5, 5.41) is 7.11. The van der Waals surface area contributed by atoms with Crippen molar-refractivity contribution in [1.29, 1.82) is 0 Å². The fourth-order valence-electron chi connectivity index (χ4n) is 0.989. The van der Waals surface area contributed by atoms with Gasteiger partial charge in [-0.15, -0.1) is 11.3 Å². The van der Waals surface area contributed by atoms with Gasteiger partial charge in [0, 0.05) is 16.3 Å². The number of nitrogens with zero attached hydrogens (tertiary/aromatic N) is 1. The fraction of sp³-hybridized carbons (Fsp3) is 0.125. The Morgan fingerprint density at radius 2 is 2.17 bits per heavy atom. The van der Waals surface area contributed by atoms with Crippen LogP contribution in [-0.2, 0) is 0 Å². The molecule has 4 heteroatoms. The molecular formula is C8H8N2S2. The summed E-state index contributed by atoms with van der Waals surface area (Å²) in [6.07, 6.45) is 0. The van der Waals surface area contributed by atoms with Crippen LogP contribution in [0.1, 0.15) is 5.56 Å². The first-order chi connectivity index (χ1) is 5.77. The van der Waals surface area contributed by atoms with Crippen LogP contribution in [0.3, 0.4) is 0 Å². The molecule has 2 rings (SSSR count). The smallest absolute Gasteiger partial charge is 0.135 e. The monoisotopic (exact) mass is 196 g/mol. The van der Waals surface area contributed by atoms with Crippen molar-refractivity contribution in [2.45, 2.75) is 6.92 Å². The van der Waals surface area contributed by atoms with E-state index >= 15 is 0 Å². The third-order valence-corrected chi connectivity index (χ3v) is 3.36. The number of rotatable bonds is 1. The molecule has 2 aromatic heterocycles. The molecule has 62 valence electrons. The number of hydrogen-bond donors (Lipinski definition) is 1. The maximum atomic E-state index is 5.54. The molecule has 0 amide bonds. The highest BCUT2D eigenvalue weighted by Crippen LogP contribution is 2.29. The van der Waals surface area contributed by atoms with Gasteiger partial charge in [-0.3, -0.25) is 0 Å². The van der Waals surface area contributed by atoms with Gasteiger partial charge in [0.1, 0.15) is 10.8 Å². The summed E-state index contributed by atoms with van der Waals surface area (Å²) in [6, 6.07) is 0. The van der Waals surface area contributed by atoms with Gasteiger partial charge in [0.15, 0.2) is 0 Å². The van der Waals surface area contributed by atoms with Crippen molar-refractivity contribution in [3.63, 3.8) is 0 Å². The van der Waals surface area contributed by atoms with Gasteiger partial charge >= 0.3 is 0 Å². The fourth-order valence-corrected chi connectivity index (χ4v) is 2.69. The zero-order chi connectivity index (χ0) is 8.55. The Bertz CT molecular complexity index is 389. The lowest BCUT2D eigenvalue weighted by Gasteiger charge is -1.91. The number of nitrogens with two attached hydrogens (primary N) is 1. The predicted octanol–water partition coefficient (Wildman–Crippen LogP) is 2.76. The van der Waals surface area contributed by atoms with Crippen LogP contribution < -0.4 is 5.73 Å². The Morgan fingerprint density at radius 3 is 2.67 bits per heavy atom. The van der Waals surface area contributed by atoms with Crippen LogP contribution in [0.25, 0.3) is 10.6 Å². The molecule has 0 aliphatic rings. The molecule has 0 spiro atoms. The normalized spacial score (nSPS) is 10.4. The van der Waals surface area contributed by atoms with Crippen molar-refractivity contribution in [2.24, 2.45) is 0 Å². The van der Waals surface area contributed by atoms with Crippen molar-refractivity contribution in [3.05, 3.63) is 21.7 Å². The van der Waals surface area contributed by atoms with Gasteiger partial charge < -0.3 is 5.73 Å². The number of aromatic nitrogens is 1. The minimum atomic E-state index is 0.612. The molecule has 0 atom stereocenters. The van der Waals surface area contributed by atoms with Crippen molar-refractivity contribution < 1.29 is 0 Å². The van der Waals surface area contributed by atoms with Gasteiger partial charge in [0.25, 0.3) is 0 Å². The SMILES string of the molecule is Cc1cscc1-c1nc(N)cs1. The second kappa shape index (κ2) is 2.88. The van der Waals surface area contributed by atoms with E-state index in [-0.39, 0.29) is 0 Å². The van der Waals surface area contributed by atoms with Crippen LogP contribution in [0, 0.1) is 6.92 Å². The molecule has 12 heavy (non-hydrogen) atoms. The van der Waals surface area contributed by atoms with E-state index in [0.717, 1.165) is 5.01 Å². The van der Waals surface area contributed by atoms with E-state index in [1.54, 1.807) is 22.7 Å². The van der Waals surface area contributed by atoms with E-state index in [0.29, 0.717) is 5.82 Å². The maximum absolute atomic E-state index is 5.54. The van der Waals surface area contributed by atoms with E-state index in [1.807, 2.05) is 5.38 Å². The number of nitrogen functional groups attached to an aromatic ring is 1. The molecule has 0 saturated heterocycles.